The van der Waals surface area contributed by atoms with Gasteiger partial charge in [0.2, 0.25) is 0 Å². The Labute approximate surface area is 70.7 Å². The molecule has 1 aromatic rings. The van der Waals surface area contributed by atoms with Crippen LogP contribution in [0.5, 0.6) is 0 Å². The molecule has 0 bridgehead atoms. The molecule has 0 spiro atoms. The fraction of sp³-hybridized carbons (Fsp3) is 0.333. The minimum absolute atomic E-state index is 0.177. The zero-order chi connectivity index (χ0) is 9.19. The van der Waals surface area contributed by atoms with E-state index in [9.17, 15) is 4.21 Å². The van der Waals surface area contributed by atoms with E-state index in [1.165, 1.54) is 0 Å². The van der Waals surface area contributed by atoms with Crippen LogP contribution in [0.4, 0.5) is 0 Å². The third-order valence-corrected chi connectivity index (χ3v) is 1.75. The van der Waals surface area contributed by atoms with E-state index in [4.69, 9.17) is 9.08 Å². The third kappa shape index (κ3) is 3.04. The summed E-state index contributed by atoms with van der Waals surface area (Å²) < 4.78 is 26.4. The summed E-state index contributed by atoms with van der Waals surface area (Å²) in [6.07, 6.45) is 0. The van der Waals surface area contributed by atoms with E-state index in [1.807, 2.05) is 0 Å². The average Bonchev–Trinajstić information content (AvgIpc) is 2.30. The fourth-order valence-corrected chi connectivity index (χ4v) is 1.06. The summed E-state index contributed by atoms with van der Waals surface area (Å²) in [5.41, 5.74) is 0.581. The lowest BCUT2D eigenvalue weighted by molar-refractivity contribution is 0.390. The molecule has 0 aliphatic carbocycles. The maximum atomic E-state index is 10.6. The molecule has 2 N–H and O–H groups in total. The van der Waals surface area contributed by atoms with E-state index in [0.29, 0.717) is 11.5 Å². The van der Waals surface area contributed by atoms with E-state index < -0.39 is 9.99 Å². The number of aryl methyl sites for hydroxylation is 1. The molecule has 1 rings (SSSR count). The molecule has 12 heavy (non-hydrogen) atoms. The summed E-state index contributed by atoms with van der Waals surface area (Å²) in [7, 11) is -3.14. The van der Waals surface area contributed by atoms with Crippen molar-refractivity contribution in [1.82, 2.24) is 9.88 Å². The summed E-state index contributed by atoms with van der Waals surface area (Å²) >= 11 is 0. The number of nitrogens with one attached hydrogen (secondary N) is 1. The van der Waals surface area contributed by atoms with Crippen molar-refractivity contribution in [3.05, 3.63) is 17.5 Å². The number of rotatable bonds is 3. The van der Waals surface area contributed by atoms with Gasteiger partial charge < -0.3 is 9.08 Å². The minimum atomic E-state index is -3.14. The largest absolute Gasteiger partial charge is 0.361 e. The van der Waals surface area contributed by atoms with Gasteiger partial charge in [0, 0.05) is 6.07 Å². The van der Waals surface area contributed by atoms with Gasteiger partial charge in [0.05, 0.1) is 12.2 Å². The second-order valence-electron chi connectivity index (χ2n) is 2.39. The molecule has 1 heterocycles. The predicted molar refractivity (Wildman–Crippen MR) is 46.0 cm³/mol. The normalized spacial score (nSPS) is 15.8. The molecule has 0 saturated heterocycles. The molecule has 0 aromatic carbocycles. The van der Waals surface area contributed by atoms with Crippen LogP contribution in [0.1, 0.15) is 11.5 Å². The molecular weight excluding hydrogens is 180 g/mol. The Balaban J connectivity index is 2.55. The SMILES string of the molecule is C=S(=O)(O)NCc1cc(C)on1. The van der Waals surface area contributed by atoms with Crippen molar-refractivity contribution in [2.45, 2.75) is 13.5 Å². The Morgan fingerprint density at radius 2 is 2.58 bits per heavy atom. The van der Waals surface area contributed by atoms with Crippen LogP contribution in [0.15, 0.2) is 10.6 Å². The van der Waals surface area contributed by atoms with Gasteiger partial charge in [-0.1, -0.05) is 5.16 Å². The number of aromatic nitrogens is 1. The maximum Gasteiger partial charge on any atom is 0.138 e. The van der Waals surface area contributed by atoms with Gasteiger partial charge >= 0.3 is 0 Å². The Kier molecular flexibility index (Phi) is 2.51. The Morgan fingerprint density at radius 3 is 3.00 bits per heavy atom. The second kappa shape index (κ2) is 3.26. The van der Waals surface area contributed by atoms with Gasteiger partial charge in [-0.25, -0.2) is 8.93 Å². The van der Waals surface area contributed by atoms with Crippen LogP contribution in [0.25, 0.3) is 0 Å². The van der Waals surface area contributed by atoms with Crippen molar-refractivity contribution in [3.8, 4) is 0 Å². The highest BCUT2D eigenvalue weighted by Crippen LogP contribution is 2.00. The molecule has 0 fully saturated rings. The summed E-state index contributed by atoms with van der Waals surface area (Å²) in [5, 5.41) is 3.62. The van der Waals surface area contributed by atoms with Crippen LogP contribution < -0.4 is 4.72 Å². The summed E-state index contributed by atoms with van der Waals surface area (Å²) in [4.78, 5) is 0. The molecule has 1 unspecified atom stereocenters. The molecule has 1 aromatic heterocycles. The molecule has 0 aliphatic rings. The van der Waals surface area contributed by atoms with Crippen molar-refractivity contribution < 1.29 is 13.3 Å². The standard InChI is InChI=1S/C6H10N2O3S/c1-5-3-6(8-11-5)4-7-12(2,9)10/h3H,2,4H2,1H3,(H2,7,9,10). The highest BCUT2D eigenvalue weighted by Gasteiger charge is 2.01. The molecule has 0 radical (unpaired) electrons. The van der Waals surface area contributed by atoms with Crippen LogP contribution in [-0.2, 0) is 16.5 Å². The second-order valence-corrected chi connectivity index (χ2v) is 3.96. The molecule has 0 amide bonds. The Morgan fingerprint density at radius 1 is 1.92 bits per heavy atom. The van der Waals surface area contributed by atoms with Crippen LogP contribution in [0.2, 0.25) is 0 Å². The predicted octanol–water partition coefficient (Wildman–Crippen LogP) is 0.177. The summed E-state index contributed by atoms with van der Waals surface area (Å²) in [6.45, 7) is 1.92. The van der Waals surface area contributed by atoms with E-state index >= 15 is 0 Å². The molecule has 1 atom stereocenters. The van der Waals surface area contributed by atoms with Gasteiger partial charge in [-0.15, -0.1) is 0 Å². The van der Waals surface area contributed by atoms with Crippen LogP contribution in [0.3, 0.4) is 0 Å². The number of nitrogens with zero attached hydrogens (tertiary/aromatic N) is 1. The number of hydrogen-bond acceptors (Lipinski definition) is 3. The maximum absolute atomic E-state index is 10.6. The lowest BCUT2D eigenvalue weighted by atomic mass is 10.4. The van der Waals surface area contributed by atoms with E-state index in [0.717, 1.165) is 0 Å². The zero-order valence-corrected chi connectivity index (χ0v) is 7.43. The first-order valence-electron chi connectivity index (χ1n) is 3.24. The van der Waals surface area contributed by atoms with Gasteiger partial charge in [0.25, 0.3) is 0 Å². The highest BCUT2D eigenvalue weighted by atomic mass is 32.2. The molecular formula is C6H10N2O3S. The lowest BCUT2D eigenvalue weighted by Crippen LogP contribution is -2.21. The van der Waals surface area contributed by atoms with Crippen LogP contribution >= 0.6 is 0 Å². The lowest BCUT2D eigenvalue weighted by Gasteiger charge is -1.99. The van der Waals surface area contributed by atoms with Gasteiger partial charge in [0.1, 0.15) is 15.7 Å². The van der Waals surface area contributed by atoms with E-state index in [-0.39, 0.29) is 6.54 Å². The Bertz CT molecular complexity index is 355. The fourth-order valence-electron chi connectivity index (χ4n) is 0.688. The van der Waals surface area contributed by atoms with E-state index in [2.05, 4.69) is 15.7 Å². The third-order valence-electron chi connectivity index (χ3n) is 1.16. The zero-order valence-electron chi connectivity index (χ0n) is 6.61. The molecule has 6 heteroatoms. The van der Waals surface area contributed by atoms with Crippen LogP contribution in [-0.4, -0.2) is 19.8 Å². The average molecular weight is 190 g/mol. The van der Waals surface area contributed by atoms with Crippen molar-refractivity contribution >= 4 is 15.9 Å². The van der Waals surface area contributed by atoms with Gasteiger partial charge in [-0.2, -0.15) is 0 Å². The summed E-state index contributed by atoms with van der Waals surface area (Å²) in [6, 6.07) is 1.68. The molecule has 0 aliphatic heterocycles. The van der Waals surface area contributed by atoms with Gasteiger partial charge in [-0.05, 0) is 12.8 Å². The van der Waals surface area contributed by atoms with Crippen molar-refractivity contribution in [3.63, 3.8) is 0 Å². The van der Waals surface area contributed by atoms with Gasteiger partial charge in [-0.3, -0.25) is 0 Å². The first-order valence-corrected chi connectivity index (χ1v) is 4.92. The summed E-state index contributed by atoms with van der Waals surface area (Å²) in [5.74, 6) is 3.67. The minimum Gasteiger partial charge on any atom is -0.361 e. The highest BCUT2D eigenvalue weighted by molar-refractivity contribution is 7.93. The topological polar surface area (TPSA) is 75.4 Å². The van der Waals surface area contributed by atoms with E-state index in [1.54, 1.807) is 13.0 Å². The van der Waals surface area contributed by atoms with Gasteiger partial charge in [0.15, 0.2) is 0 Å². The van der Waals surface area contributed by atoms with Crippen molar-refractivity contribution in [2.24, 2.45) is 0 Å². The first kappa shape index (κ1) is 9.24. The molecule has 5 nitrogen and oxygen atoms in total. The molecule has 0 saturated carbocycles. The first-order chi connectivity index (χ1) is 5.47. The molecule has 68 valence electrons. The smallest absolute Gasteiger partial charge is 0.138 e. The van der Waals surface area contributed by atoms with Crippen molar-refractivity contribution in [1.29, 1.82) is 0 Å². The van der Waals surface area contributed by atoms with Crippen LogP contribution in [0, 0.1) is 6.92 Å². The number of hydrogen-bond donors (Lipinski definition) is 2. The van der Waals surface area contributed by atoms with Crippen molar-refractivity contribution in [2.75, 3.05) is 0 Å². The Hall–Kier alpha value is -0.850. The monoisotopic (exact) mass is 190 g/mol. The quantitative estimate of drug-likeness (QED) is 0.666.